The molecule has 3 N–H and O–H groups in total. The molecule has 1 aromatic heterocycles. The zero-order valence-corrected chi connectivity index (χ0v) is 14.6. The molecular formula is C14H25IN4O. The molecule has 0 bridgehead atoms. The minimum absolute atomic E-state index is 0. The Kier molecular flexibility index (Phi) is 7.32. The first-order valence-corrected chi connectivity index (χ1v) is 7.12. The summed E-state index contributed by atoms with van der Waals surface area (Å²) in [6.45, 7) is 5.65. The number of nitrogens with two attached hydrogens (primary N) is 1. The van der Waals surface area contributed by atoms with Crippen molar-refractivity contribution in [2.24, 2.45) is 16.6 Å². The lowest BCUT2D eigenvalue weighted by Gasteiger charge is -2.23. The van der Waals surface area contributed by atoms with Crippen LogP contribution < -0.4 is 11.1 Å². The number of nitrogens with one attached hydrogen (secondary N) is 1. The van der Waals surface area contributed by atoms with Crippen molar-refractivity contribution >= 4 is 29.9 Å². The predicted octanol–water partition coefficient (Wildman–Crippen LogP) is 2.55. The molecule has 114 valence electrons. The molecule has 6 heteroatoms. The summed E-state index contributed by atoms with van der Waals surface area (Å²) in [7, 11) is 0. The molecule has 1 heterocycles. The second-order valence-corrected chi connectivity index (χ2v) is 5.36. The van der Waals surface area contributed by atoms with Gasteiger partial charge < -0.3 is 15.6 Å². The lowest BCUT2D eigenvalue weighted by molar-refractivity contribution is 0.326. The number of guanidine groups is 1. The van der Waals surface area contributed by atoms with Gasteiger partial charge in [0.05, 0.1) is 5.69 Å². The summed E-state index contributed by atoms with van der Waals surface area (Å²) in [4.78, 5) is 4.37. The van der Waals surface area contributed by atoms with Crippen LogP contribution in [0.2, 0.25) is 0 Å². The van der Waals surface area contributed by atoms with Crippen LogP contribution in [0.15, 0.2) is 9.52 Å². The highest BCUT2D eigenvalue weighted by Gasteiger charge is 2.16. The molecule has 1 saturated carbocycles. The van der Waals surface area contributed by atoms with Gasteiger partial charge in [0.1, 0.15) is 5.76 Å². The molecule has 0 amide bonds. The van der Waals surface area contributed by atoms with Crippen LogP contribution in [-0.2, 0) is 6.42 Å². The van der Waals surface area contributed by atoms with Crippen molar-refractivity contribution in [1.29, 1.82) is 0 Å². The van der Waals surface area contributed by atoms with E-state index < -0.39 is 0 Å². The maximum Gasteiger partial charge on any atom is 0.188 e. The standard InChI is InChI=1S/C14H24N4O.HI/c1-10-13(11(2)19-18-10)7-4-8-16-14(15)17-9-12-5-3-6-12;/h12H,3-9H2,1-2H3,(H3,15,16,17);1H. The average molecular weight is 392 g/mol. The van der Waals surface area contributed by atoms with Crippen molar-refractivity contribution < 1.29 is 4.52 Å². The topological polar surface area (TPSA) is 76.4 Å². The number of nitrogens with zero attached hydrogens (tertiary/aromatic N) is 2. The summed E-state index contributed by atoms with van der Waals surface area (Å²) >= 11 is 0. The molecule has 0 spiro atoms. The van der Waals surface area contributed by atoms with Gasteiger partial charge in [0.2, 0.25) is 0 Å². The number of hydrogen-bond acceptors (Lipinski definition) is 3. The van der Waals surface area contributed by atoms with Gasteiger partial charge in [-0.3, -0.25) is 4.99 Å². The van der Waals surface area contributed by atoms with Crippen molar-refractivity contribution in [2.45, 2.75) is 46.0 Å². The second kappa shape index (κ2) is 8.49. The highest BCUT2D eigenvalue weighted by Crippen LogP contribution is 2.26. The van der Waals surface area contributed by atoms with E-state index in [-0.39, 0.29) is 24.0 Å². The molecule has 20 heavy (non-hydrogen) atoms. The fourth-order valence-corrected chi connectivity index (χ4v) is 2.30. The van der Waals surface area contributed by atoms with Crippen LogP contribution in [-0.4, -0.2) is 24.2 Å². The summed E-state index contributed by atoms with van der Waals surface area (Å²) in [5, 5.41) is 7.12. The van der Waals surface area contributed by atoms with Crippen LogP contribution in [0.3, 0.4) is 0 Å². The van der Waals surface area contributed by atoms with E-state index >= 15 is 0 Å². The van der Waals surface area contributed by atoms with E-state index in [9.17, 15) is 0 Å². The van der Waals surface area contributed by atoms with E-state index in [1.807, 2.05) is 13.8 Å². The van der Waals surface area contributed by atoms with Gasteiger partial charge in [-0.2, -0.15) is 0 Å². The fourth-order valence-electron chi connectivity index (χ4n) is 2.30. The lowest BCUT2D eigenvalue weighted by Crippen LogP contribution is -2.33. The van der Waals surface area contributed by atoms with Crippen molar-refractivity contribution in [3.8, 4) is 0 Å². The zero-order chi connectivity index (χ0) is 13.7. The van der Waals surface area contributed by atoms with Crippen LogP contribution in [0.1, 0.15) is 42.7 Å². The van der Waals surface area contributed by atoms with Gasteiger partial charge in [-0.25, -0.2) is 0 Å². The molecule has 0 unspecified atom stereocenters. The molecule has 0 atom stereocenters. The Morgan fingerprint density at radius 3 is 2.75 bits per heavy atom. The van der Waals surface area contributed by atoms with E-state index in [1.54, 1.807) is 0 Å². The van der Waals surface area contributed by atoms with E-state index in [0.29, 0.717) is 5.96 Å². The van der Waals surface area contributed by atoms with Crippen molar-refractivity contribution in [2.75, 3.05) is 13.1 Å². The second-order valence-electron chi connectivity index (χ2n) is 5.36. The van der Waals surface area contributed by atoms with Crippen LogP contribution in [0.25, 0.3) is 0 Å². The molecule has 0 saturated heterocycles. The van der Waals surface area contributed by atoms with Crippen molar-refractivity contribution in [3.05, 3.63) is 17.0 Å². The Bertz CT molecular complexity index is 421. The third-order valence-corrected chi connectivity index (χ3v) is 3.84. The molecule has 2 rings (SSSR count). The monoisotopic (exact) mass is 392 g/mol. The Hall–Kier alpha value is -0.790. The van der Waals surface area contributed by atoms with Crippen molar-refractivity contribution in [3.63, 3.8) is 0 Å². The summed E-state index contributed by atoms with van der Waals surface area (Å²) < 4.78 is 5.14. The first kappa shape index (κ1) is 17.3. The minimum atomic E-state index is 0. The van der Waals surface area contributed by atoms with E-state index in [1.165, 1.54) is 24.8 Å². The SMILES string of the molecule is Cc1noc(C)c1CCCNC(N)=NCC1CCC1.I. The van der Waals surface area contributed by atoms with Gasteiger partial charge >= 0.3 is 0 Å². The number of aromatic nitrogens is 1. The Labute approximate surface area is 137 Å². The number of hydrogen-bond donors (Lipinski definition) is 2. The fraction of sp³-hybridized carbons (Fsp3) is 0.714. The van der Waals surface area contributed by atoms with Gasteiger partial charge in [-0.05, 0) is 45.4 Å². The van der Waals surface area contributed by atoms with Gasteiger partial charge in [0, 0.05) is 18.7 Å². The smallest absolute Gasteiger partial charge is 0.188 e. The number of aliphatic imine (C=N–C) groups is 1. The van der Waals surface area contributed by atoms with Gasteiger partial charge in [-0.15, -0.1) is 24.0 Å². The highest BCUT2D eigenvalue weighted by molar-refractivity contribution is 14.0. The summed E-state index contributed by atoms with van der Waals surface area (Å²) in [5.74, 6) is 2.26. The normalized spacial score (nSPS) is 15.6. The first-order chi connectivity index (χ1) is 9.16. The van der Waals surface area contributed by atoms with Crippen LogP contribution >= 0.6 is 24.0 Å². The molecule has 0 aliphatic heterocycles. The Morgan fingerprint density at radius 1 is 1.45 bits per heavy atom. The maximum absolute atomic E-state index is 5.83. The molecule has 1 aromatic rings. The minimum Gasteiger partial charge on any atom is -0.370 e. The predicted molar refractivity (Wildman–Crippen MR) is 91.5 cm³/mol. The molecule has 5 nitrogen and oxygen atoms in total. The number of rotatable bonds is 6. The van der Waals surface area contributed by atoms with Crippen LogP contribution in [0.4, 0.5) is 0 Å². The quantitative estimate of drug-likeness (QED) is 0.338. The van der Waals surface area contributed by atoms with E-state index in [0.717, 1.165) is 43.3 Å². The largest absolute Gasteiger partial charge is 0.370 e. The molecule has 1 fully saturated rings. The van der Waals surface area contributed by atoms with Crippen molar-refractivity contribution in [1.82, 2.24) is 10.5 Å². The summed E-state index contributed by atoms with van der Waals surface area (Å²) in [5.41, 5.74) is 8.03. The Morgan fingerprint density at radius 2 is 2.20 bits per heavy atom. The van der Waals surface area contributed by atoms with Gasteiger partial charge in [0.15, 0.2) is 5.96 Å². The molecular weight excluding hydrogens is 367 g/mol. The molecule has 1 aliphatic carbocycles. The van der Waals surface area contributed by atoms with Gasteiger partial charge in [-0.1, -0.05) is 11.6 Å². The molecule has 0 aromatic carbocycles. The van der Waals surface area contributed by atoms with Crippen LogP contribution in [0, 0.1) is 19.8 Å². The molecule has 1 aliphatic rings. The zero-order valence-electron chi connectivity index (χ0n) is 12.3. The molecule has 0 radical (unpaired) electrons. The van der Waals surface area contributed by atoms with E-state index in [2.05, 4.69) is 15.5 Å². The highest BCUT2D eigenvalue weighted by atomic mass is 127. The number of aryl methyl sites for hydroxylation is 2. The first-order valence-electron chi connectivity index (χ1n) is 7.12. The number of halogens is 1. The Balaban J connectivity index is 0.00000200. The summed E-state index contributed by atoms with van der Waals surface area (Å²) in [6.07, 6.45) is 5.93. The third-order valence-electron chi connectivity index (χ3n) is 3.84. The average Bonchev–Trinajstić information content (AvgIpc) is 2.63. The summed E-state index contributed by atoms with van der Waals surface area (Å²) in [6, 6.07) is 0. The maximum atomic E-state index is 5.83. The third kappa shape index (κ3) is 4.96. The van der Waals surface area contributed by atoms with E-state index in [4.69, 9.17) is 10.3 Å². The van der Waals surface area contributed by atoms with Crippen LogP contribution in [0.5, 0.6) is 0 Å². The van der Waals surface area contributed by atoms with Gasteiger partial charge in [0.25, 0.3) is 0 Å². The lowest BCUT2D eigenvalue weighted by atomic mass is 9.86.